The van der Waals surface area contributed by atoms with Gasteiger partial charge in [-0.15, -0.1) is 0 Å². The number of nitrogens with zero attached hydrogens (tertiary/aromatic N) is 2. The van der Waals surface area contributed by atoms with E-state index in [1.54, 1.807) is 0 Å². The number of likely N-dealkylation sites (tertiary alicyclic amines) is 2. The van der Waals surface area contributed by atoms with Crippen molar-refractivity contribution >= 4 is 6.41 Å². The first kappa shape index (κ1) is 10.9. The quantitative estimate of drug-likeness (QED) is 0.645. The van der Waals surface area contributed by atoms with Gasteiger partial charge in [0.15, 0.2) is 0 Å². The summed E-state index contributed by atoms with van der Waals surface area (Å²) in [6.07, 6.45) is 8.80. The Bertz CT molecular complexity index is 202. The standard InChI is InChI=1S/C12H22N2O/c15-11-13-7-4-5-12(6-10-13)14-8-2-1-3-9-14/h11-12H,1-10H2. The SMILES string of the molecule is O=CN1CCCC(N2CCCCC2)CC1. The van der Waals surface area contributed by atoms with Crippen molar-refractivity contribution in [3.8, 4) is 0 Å². The lowest BCUT2D eigenvalue weighted by molar-refractivity contribution is -0.118. The molecule has 0 aromatic carbocycles. The predicted molar refractivity (Wildman–Crippen MR) is 60.7 cm³/mol. The van der Waals surface area contributed by atoms with Gasteiger partial charge < -0.3 is 9.80 Å². The number of carbonyl (C=O) groups is 1. The lowest BCUT2D eigenvalue weighted by Crippen LogP contribution is -2.39. The summed E-state index contributed by atoms with van der Waals surface area (Å²) in [5.74, 6) is 0. The van der Waals surface area contributed by atoms with Crippen LogP contribution in [0.2, 0.25) is 0 Å². The van der Waals surface area contributed by atoms with Gasteiger partial charge in [-0.3, -0.25) is 4.79 Å². The lowest BCUT2D eigenvalue weighted by Gasteiger charge is -2.34. The maximum atomic E-state index is 10.7. The molecule has 2 saturated heterocycles. The van der Waals surface area contributed by atoms with Crippen LogP contribution < -0.4 is 0 Å². The molecule has 2 fully saturated rings. The Labute approximate surface area is 92.4 Å². The minimum atomic E-state index is 0.746. The van der Waals surface area contributed by atoms with Crippen molar-refractivity contribution in [2.75, 3.05) is 26.2 Å². The number of rotatable bonds is 2. The summed E-state index contributed by atoms with van der Waals surface area (Å²) in [5.41, 5.74) is 0. The van der Waals surface area contributed by atoms with Crippen LogP contribution in [-0.4, -0.2) is 48.4 Å². The first-order valence-corrected chi connectivity index (χ1v) is 6.33. The summed E-state index contributed by atoms with van der Waals surface area (Å²) in [5, 5.41) is 0. The molecule has 0 aromatic heterocycles. The fraction of sp³-hybridized carbons (Fsp3) is 0.917. The van der Waals surface area contributed by atoms with Crippen LogP contribution in [-0.2, 0) is 4.79 Å². The Hall–Kier alpha value is -0.570. The van der Waals surface area contributed by atoms with Crippen LogP contribution in [0.25, 0.3) is 0 Å². The zero-order chi connectivity index (χ0) is 10.5. The van der Waals surface area contributed by atoms with Gasteiger partial charge in [0, 0.05) is 19.1 Å². The van der Waals surface area contributed by atoms with Crippen molar-refractivity contribution in [3.63, 3.8) is 0 Å². The van der Waals surface area contributed by atoms with Crippen LogP contribution in [0.3, 0.4) is 0 Å². The third kappa shape index (κ3) is 2.94. The second kappa shape index (κ2) is 5.50. The summed E-state index contributed by atoms with van der Waals surface area (Å²) in [6, 6.07) is 0.746. The maximum absolute atomic E-state index is 10.7. The van der Waals surface area contributed by atoms with E-state index in [-0.39, 0.29) is 0 Å². The Morgan fingerprint density at radius 1 is 0.867 bits per heavy atom. The van der Waals surface area contributed by atoms with Gasteiger partial charge in [0.25, 0.3) is 0 Å². The zero-order valence-electron chi connectivity index (χ0n) is 9.53. The summed E-state index contributed by atoms with van der Waals surface area (Å²) in [4.78, 5) is 15.3. The van der Waals surface area contributed by atoms with Crippen molar-refractivity contribution in [1.82, 2.24) is 9.80 Å². The highest BCUT2D eigenvalue weighted by Gasteiger charge is 2.23. The third-order valence-corrected chi connectivity index (χ3v) is 3.79. The Kier molecular flexibility index (Phi) is 4.01. The second-order valence-electron chi connectivity index (χ2n) is 4.82. The molecule has 0 aromatic rings. The number of hydrogen-bond donors (Lipinski definition) is 0. The zero-order valence-corrected chi connectivity index (χ0v) is 9.53. The van der Waals surface area contributed by atoms with Gasteiger partial charge in [0.05, 0.1) is 0 Å². The first-order valence-electron chi connectivity index (χ1n) is 6.33. The van der Waals surface area contributed by atoms with Gasteiger partial charge in [-0.25, -0.2) is 0 Å². The van der Waals surface area contributed by atoms with Crippen LogP contribution in [0.15, 0.2) is 0 Å². The Morgan fingerprint density at radius 2 is 1.67 bits per heavy atom. The van der Waals surface area contributed by atoms with Gasteiger partial charge in [-0.2, -0.15) is 0 Å². The molecule has 0 aliphatic carbocycles. The molecule has 0 radical (unpaired) electrons. The largest absolute Gasteiger partial charge is 0.345 e. The van der Waals surface area contributed by atoms with E-state index in [4.69, 9.17) is 0 Å². The van der Waals surface area contributed by atoms with E-state index in [2.05, 4.69) is 4.90 Å². The van der Waals surface area contributed by atoms with Gasteiger partial charge in [0.1, 0.15) is 0 Å². The van der Waals surface area contributed by atoms with Crippen LogP contribution in [0.1, 0.15) is 38.5 Å². The first-order chi connectivity index (χ1) is 7.40. The molecule has 2 aliphatic heterocycles. The van der Waals surface area contributed by atoms with Crippen LogP contribution in [0, 0.1) is 0 Å². The summed E-state index contributed by atoms with van der Waals surface area (Å²) in [7, 11) is 0. The molecule has 2 aliphatic rings. The molecular weight excluding hydrogens is 188 g/mol. The van der Waals surface area contributed by atoms with Gasteiger partial charge in [-0.05, 0) is 45.2 Å². The molecule has 0 bridgehead atoms. The van der Waals surface area contributed by atoms with Crippen LogP contribution in [0.5, 0.6) is 0 Å². The van der Waals surface area contributed by atoms with E-state index in [9.17, 15) is 4.79 Å². The minimum Gasteiger partial charge on any atom is -0.345 e. The molecule has 1 amide bonds. The smallest absolute Gasteiger partial charge is 0.209 e. The Balaban J connectivity index is 1.84. The average Bonchev–Trinajstić information content (AvgIpc) is 2.55. The van der Waals surface area contributed by atoms with Crippen LogP contribution in [0.4, 0.5) is 0 Å². The van der Waals surface area contributed by atoms with Gasteiger partial charge >= 0.3 is 0 Å². The molecule has 1 atom stereocenters. The van der Waals surface area contributed by atoms with E-state index in [0.717, 1.165) is 25.5 Å². The minimum absolute atomic E-state index is 0.746. The van der Waals surface area contributed by atoms with E-state index in [1.165, 1.54) is 51.6 Å². The highest BCUT2D eigenvalue weighted by molar-refractivity contribution is 5.46. The normalized spacial score (nSPS) is 29.9. The van der Waals surface area contributed by atoms with E-state index in [1.807, 2.05) is 4.90 Å². The monoisotopic (exact) mass is 210 g/mol. The van der Waals surface area contributed by atoms with Crippen LogP contribution >= 0.6 is 0 Å². The molecular formula is C12H22N2O. The molecule has 3 heteroatoms. The van der Waals surface area contributed by atoms with Crippen molar-refractivity contribution in [1.29, 1.82) is 0 Å². The Morgan fingerprint density at radius 3 is 2.40 bits per heavy atom. The number of carbonyl (C=O) groups excluding carboxylic acids is 1. The fourth-order valence-corrected chi connectivity index (χ4v) is 2.86. The topological polar surface area (TPSA) is 23.6 Å². The van der Waals surface area contributed by atoms with Crippen molar-refractivity contribution < 1.29 is 4.79 Å². The molecule has 0 spiro atoms. The van der Waals surface area contributed by atoms with Gasteiger partial charge in [0.2, 0.25) is 6.41 Å². The highest BCUT2D eigenvalue weighted by Crippen LogP contribution is 2.20. The van der Waals surface area contributed by atoms with Crippen molar-refractivity contribution in [3.05, 3.63) is 0 Å². The molecule has 0 saturated carbocycles. The fourth-order valence-electron chi connectivity index (χ4n) is 2.86. The van der Waals surface area contributed by atoms with Crippen molar-refractivity contribution in [2.24, 2.45) is 0 Å². The molecule has 1 unspecified atom stereocenters. The predicted octanol–water partition coefficient (Wildman–Crippen LogP) is 1.48. The molecule has 3 nitrogen and oxygen atoms in total. The molecule has 15 heavy (non-hydrogen) atoms. The number of hydrogen-bond acceptors (Lipinski definition) is 2. The van der Waals surface area contributed by atoms with E-state index >= 15 is 0 Å². The molecule has 2 rings (SSSR count). The number of piperidine rings is 1. The maximum Gasteiger partial charge on any atom is 0.209 e. The number of amides is 1. The third-order valence-electron chi connectivity index (χ3n) is 3.79. The average molecular weight is 210 g/mol. The van der Waals surface area contributed by atoms with Gasteiger partial charge in [-0.1, -0.05) is 6.42 Å². The highest BCUT2D eigenvalue weighted by atomic mass is 16.1. The summed E-state index contributed by atoms with van der Waals surface area (Å²) in [6.45, 7) is 4.50. The summed E-state index contributed by atoms with van der Waals surface area (Å²) < 4.78 is 0. The lowest BCUT2D eigenvalue weighted by atomic mass is 10.0. The van der Waals surface area contributed by atoms with E-state index < -0.39 is 0 Å². The molecule has 2 heterocycles. The van der Waals surface area contributed by atoms with Crippen molar-refractivity contribution in [2.45, 2.75) is 44.6 Å². The molecule has 0 N–H and O–H groups in total. The molecule has 86 valence electrons. The van der Waals surface area contributed by atoms with E-state index in [0.29, 0.717) is 0 Å². The summed E-state index contributed by atoms with van der Waals surface area (Å²) >= 11 is 0. The second-order valence-corrected chi connectivity index (χ2v) is 4.82.